The Morgan fingerprint density at radius 3 is 2.58 bits per heavy atom. The van der Waals surface area contributed by atoms with Crippen molar-refractivity contribution in [1.82, 2.24) is 16.0 Å². The normalized spacial score (nSPS) is 14.8. The Morgan fingerprint density at radius 2 is 1.96 bits per heavy atom. The van der Waals surface area contributed by atoms with Crippen molar-refractivity contribution in [3.8, 4) is 0 Å². The van der Waals surface area contributed by atoms with Crippen molar-refractivity contribution in [1.29, 1.82) is 0 Å². The van der Waals surface area contributed by atoms with E-state index < -0.39 is 0 Å². The summed E-state index contributed by atoms with van der Waals surface area (Å²) in [6.45, 7) is 6.42. The highest BCUT2D eigenvalue weighted by atomic mass is 127. The molecule has 6 nitrogen and oxygen atoms in total. The lowest BCUT2D eigenvalue weighted by Gasteiger charge is -2.17. The molecule has 1 saturated carbocycles. The molecule has 0 spiro atoms. The molecule has 0 bridgehead atoms. The monoisotopic (exact) mass is 474 g/mol. The summed E-state index contributed by atoms with van der Waals surface area (Å²) in [6.07, 6.45) is 2.88. The number of ether oxygens (including phenoxy) is 1. The van der Waals surface area contributed by atoms with Gasteiger partial charge in [-0.25, -0.2) is 4.79 Å². The number of halogens is 1. The number of nitrogens with one attached hydrogen (secondary N) is 3. The van der Waals surface area contributed by atoms with E-state index in [1.54, 1.807) is 0 Å². The molecule has 26 heavy (non-hydrogen) atoms. The van der Waals surface area contributed by atoms with E-state index in [1.165, 1.54) is 5.56 Å². The quantitative estimate of drug-likeness (QED) is 0.292. The highest BCUT2D eigenvalue weighted by Gasteiger charge is 2.32. The first kappa shape index (κ1) is 22.5. The van der Waals surface area contributed by atoms with Crippen molar-refractivity contribution in [3.63, 3.8) is 0 Å². The van der Waals surface area contributed by atoms with Gasteiger partial charge in [0.2, 0.25) is 0 Å². The second-order valence-corrected chi connectivity index (χ2v) is 6.19. The second kappa shape index (κ2) is 12.8. The highest BCUT2D eigenvalue weighted by molar-refractivity contribution is 14.0. The molecule has 1 fully saturated rings. The van der Waals surface area contributed by atoms with Crippen molar-refractivity contribution in [2.75, 3.05) is 26.2 Å². The zero-order valence-corrected chi connectivity index (χ0v) is 18.0. The molecule has 0 heterocycles. The van der Waals surface area contributed by atoms with Crippen LogP contribution in [0.3, 0.4) is 0 Å². The van der Waals surface area contributed by atoms with Gasteiger partial charge in [0.1, 0.15) is 0 Å². The maximum atomic E-state index is 11.7. The van der Waals surface area contributed by atoms with Gasteiger partial charge in [0.15, 0.2) is 5.96 Å². The summed E-state index contributed by atoms with van der Waals surface area (Å²) in [4.78, 5) is 16.3. The van der Waals surface area contributed by atoms with Gasteiger partial charge in [0.25, 0.3) is 0 Å². The maximum Gasteiger partial charge on any atom is 0.407 e. The predicted octanol–water partition coefficient (Wildman–Crippen LogP) is 2.93. The van der Waals surface area contributed by atoms with E-state index in [9.17, 15) is 4.79 Å². The molecular formula is C19H31IN4O2. The lowest BCUT2D eigenvalue weighted by Crippen LogP contribution is -2.42. The Bertz CT molecular complexity index is 550. The summed E-state index contributed by atoms with van der Waals surface area (Å²) in [6, 6.07) is 10.4. The van der Waals surface area contributed by atoms with Crippen LogP contribution in [0, 0.1) is 5.92 Å². The van der Waals surface area contributed by atoms with Crippen molar-refractivity contribution in [2.45, 2.75) is 39.2 Å². The zero-order chi connectivity index (χ0) is 17.9. The summed E-state index contributed by atoms with van der Waals surface area (Å²) in [5.74, 6) is 1.30. The fourth-order valence-electron chi connectivity index (χ4n) is 2.64. The van der Waals surface area contributed by atoms with Crippen molar-refractivity contribution >= 4 is 36.0 Å². The fraction of sp³-hybridized carbons (Fsp3) is 0.579. The molecule has 0 radical (unpaired) electrons. The molecule has 1 amide bonds. The SMILES string of the molecule is CCNC(=NCC(NC(=O)OCC)C1CC1)NCCc1ccccc1.I. The van der Waals surface area contributed by atoms with Gasteiger partial charge >= 0.3 is 6.09 Å². The third-order valence-electron chi connectivity index (χ3n) is 4.11. The minimum Gasteiger partial charge on any atom is -0.450 e. The number of guanidine groups is 1. The standard InChI is InChI=1S/C19H30N4O2.HI/c1-3-20-18(21-13-12-15-8-6-5-7-9-15)22-14-17(16-10-11-16)23-19(24)25-4-2;/h5-9,16-17H,3-4,10-14H2,1-2H3,(H,23,24)(H2,20,21,22);1H. The lowest BCUT2D eigenvalue weighted by atomic mass is 10.1. The molecule has 1 unspecified atom stereocenters. The number of carbonyl (C=O) groups is 1. The Kier molecular flexibility index (Phi) is 11.1. The van der Waals surface area contributed by atoms with E-state index in [1.807, 2.05) is 19.9 Å². The number of hydrogen-bond donors (Lipinski definition) is 3. The van der Waals surface area contributed by atoms with Crippen LogP contribution in [0.25, 0.3) is 0 Å². The molecule has 1 atom stereocenters. The second-order valence-electron chi connectivity index (χ2n) is 6.19. The number of amides is 1. The van der Waals surface area contributed by atoms with E-state index in [4.69, 9.17) is 4.74 Å². The van der Waals surface area contributed by atoms with Crippen molar-refractivity contribution in [2.24, 2.45) is 10.9 Å². The van der Waals surface area contributed by atoms with Crippen molar-refractivity contribution < 1.29 is 9.53 Å². The lowest BCUT2D eigenvalue weighted by molar-refractivity contribution is 0.147. The predicted molar refractivity (Wildman–Crippen MR) is 116 cm³/mol. The first-order valence-corrected chi connectivity index (χ1v) is 9.22. The number of nitrogens with zero attached hydrogens (tertiary/aromatic N) is 1. The van der Waals surface area contributed by atoms with Gasteiger partial charge in [-0.2, -0.15) is 0 Å². The van der Waals surface area contributed by atoms with Gasteiger partial charge in [-0.05, 0) is 44.6 Å². The number of rotatable bonds is 9. The summed E-state index contributed by atoms with van der Waals surface area (Å²) in [5, 5.41) is 9.55. The molecule has 1 aromatic rings. The van der Waals surface area contributed by atoms with E-state index >= 15 is 0 Å². The summed E-state index contributed by atoms with van der Waals surface area (Å²) < 4.78 is 4.99. The Morgan fingerprint density at radius 1 is 1.23 bits per heavy atom. The van der Waals surface area contributed by atoms with Gasteiger partial charge in [0, 0.05) is 13.1 Å². The first-order valence-electron chi connectivity index (χ1n) is 9.22. The van der Waals surface area contributed by atoms with Crippen molar-refractivity contribution in [3.05, 3.63) is 35.9 Å². The smallest absolute Gasteiger partial charge is 0.407 e. The topological polar surface area (TPSA) is 74.8 Å². The van der Waals surface area contributed by atoms with Crippen LogP contribution in [-0.4, -0.2) is 44.3 Å². The molecule has 1 aliphatic carbocycles. The van der Waals surface area contributed by atoms with Gasteiger partial charge in [0.05, 0.1) is 19.2 Å². The van der Waals surface area contributed by atoms with Crippen LogP contribution < -0.4 is 16.0 Å². The van der Waals surface area contributed by atoms with Crippen LogP contribution in [-0.2, 0) is 11.2 Å². The number of carbonyl (C=O) groups excluding carboxylic acids is 1. The van der Waals surface area contributed by atoms with Crippen LogP contribution in [0.5, 0.6) is 0 Å². The maximum absolute atomic E-state index is 11.7. The molecule has 3 N–H and O–H groups in total. The van der Waals surface area contributed by atoms with Crippen LogP contribution in [0.2, 0.25) is 0 Å². The molecule has 1 aromatic carbocycles. The summed E-state index contributed by atoms with van der Waals surface area (Å²) in [7, 11) is 0. The van der Waals surface area contributed by atoms with E-state index in [0.717, 1.165) is 38.3 Å². The average Bonchev–Trinajstić information content (AvgIpc) is 3.44. The van der Waals surface area contributed by atoms with Gasteiger partial charge in [-0.15, -0.1) is 24.0 Å². The van der Waals surface area contributed by atoms with Crippen LogP contribution >= 0.6 is 24.0 Å². The molecular weight excluding hydrogens is 443 g/mol. The first-order chi connectivity index (χ1) is 12.2. The Labute approximate surface area is 173 Å². The number of benzene rings is 1. The molecule has 1 aliphatic rings. The average molecular weight is 474 g/mol. The van der Waals surface area contributed by atoms with Crippen LogP contribution in [0.4, 0.5) is 4.79 Å². The minimum absolute atomic E-state index is 0. The van der Waals surface area contributed by atoms with Crippen LogP contribution in [0.15, 0.2) is 35.3 Å². The number of aliphatic imine (C=N–C) groups is 1. The van der Waals surface area contributed by atoms with E-state index in [2.05, 4.69) is 45.2 Å². The minimum atomic E-state index is -0.350. The highest BCUT2D eigenvalue weighted by Crippen LogP contribution is 2.32. The molecule has 2 rings (SSSR count). The Balaban J connectivity index is 0.00000338. The molecule has 146 valence electrons. The van der Waals surface area contributed by atoms with E-state index in [0.29, 0.717) is 19.1 Å². The fourth-order valence-corrected chi connectivity index (χ4v) is 2.64. The third kappa shape index (κ3) is 8.73. The van der Waals surface area contributed by atoms with Gasteiger partial charge < -0.3 is 20.7 Å². The number of hydrogen-bond acceptors (Lipinski definition) is 3. The van der Waals surface area contributed by atoms with E-state index in [-0.39, 0.29) is 36.1 Å². The number of alkyl carbamates (subject to hydrolysis) is 1. The molecule has 0 aromatic heterocycles. The van der Waals surface area contributed by atoms with Gasteiger partial charge in [-0.3, -0.25) is 4.99 Å². The Hall–Kier alpha value is -1.51. The molecule has 0 aliphatic heterocycles. The van der Waals surface area contributed by atoms with Gasteiger partial charge in [-0.1, -0.05) is 30.3 Å². The van der Waals surface area contributed by atoms with Crippen LogP contribution in [0.1, 0.15) is 32.3 Å². The third-order valence-corrected chi connectivity index (χ3v) is 4.11. The largest absolute Gasteiger partial charge is 0.450 e. The summed E-state index contributed by atoms with van der Waals surface area (Å²) >= 11 is 0. The molecule has 0 saturated heterocycles. The summed E-state index contributed by atoms with van der Waals surface area (Å²) in [5.41, 5.74) is 1.30. The zero-order valence-electron chi connectivity index (χ0n) is 15.7. The molecule has 7 heteroatoms.